The Morgan fingerprint density at radius 2 is 2.06 bits per heavy atom. The quantitative estimate of drug-likeness (QED) is 0.865. The molecule has 96 valence electrons. The summed E-state index contributed by atoms with van der Waals surface area (Å²) < 4.78 is 40.4. The van der Waals surface area contributed by atoms with Crippen molar-refractivity contribution in [3.05, 3.63) is 17.5 Å². The average molecular weight is 249 g/mol. The maximum atomic E-state index is 12.0. The van der Waals surface area contributed by atoms with Crippen LogP contribution in [0.15, 0.2) is 6.07 Å². The van der Waals surface area contributed by atoms with E-state index < -0.39 is 12.8 Å². The van der Waals surface area contributed by atoms with Crippen molar-refractivity contribution in [2.24, 2.45) is 0 Å². The van der Waals surface area contributed by atoms with Gasteiger partial charge in [-0.15, -0.1) is 0 Å². The van der Waals surface area contributed by atoms with E-state index in [1.165, 1.54) is 0 Å². The van der Waals surface area contributed by atoms with Crippen LogP contribution in [0.4, 0.5) is 13.2 Å². The highest BCUT2D eigenvalue weighted by Gasteiger charge is 2.29. The molecule has 7 heteroatoms. The SMILES string of the molecule is CCNCc1cc(C)nc(OCC(F)(F)F)n1. The monoisotopic (exact) mass is 249 g/mol. The third kappa shape index (κ3) is 5.48. The first kappa shape index (κ1) is 13.7. The molecule has 1 heterocycles. The van der Waals surface area contributed by atoms with Crippen LogP contribution in [0.1, 0.15) is 18.3 Å². The standard InChI is InChI=1S/C10H14F3N3O/c1-3-14-5-8-4-7(2)15-9(16-8)17-6-10(11,12)13/h4,14H,3,5-6H2,1-2H3. The first-order valence-corrected chi connectivity index (χ1v) is 5.15. The topological polar surface area (TPSA) is 47.0 Å². The number of nitrogens with zero attached hydrogens (tertiary/aromatic N) is 2. The van der Waals surface area contributed by atoms with E-state index in [9.17, 15) is 13.2 Å². The highest BCUT2D eigenvalue weighted by atomic mass is 19.4. The summed E-state index contributed by atoms with van der Waals surface area (Å²) in [6, 6.07) is 1.46. The van der Waals surface area contributed by atoms with Crippen LogP contribution >= 0.6 is 0 Å². The number of halogens is 3. The van der Waals surface area contributed by atoms with Gasteiger partial charge in [0.2, 0.25) is 0 Å². The van der Waals surface area contributed by atoms with E-state index in [0.29, 0.717) is 17.9 Å². The lowest BCUT2D eigenvalue weighted by Gasteiger charge is -2.09. The number of ether oxygens (including phenoxy) is 1. The molecule has 0 unspecified atom stereocenters. The molecule has 1 rings (SSSR count). The van der Waals surface area contributed by atoms with Crippen LogP contribution < -0.4 is 10.1 Å². The van der Waals surface area contributed by atoms with Gasteiger partial charge >= 0.3 is 12.2 Å². The van der Waals surface area contributed by atoms with Crippen molar-refractivity contribution in [1.82, 2.24) is 15.3 Å². The zero-order valence-electron chi connectivity index (χ0n) is 9.64. The van der Waals surface area contributed by atoms with E-state index in [4.69, 9.17) is 0 Å². The van der Waals surface area contributed by atoms with E-state index in [-0.39, 0.29) is 6.01 Å². The van der Waals surface area contributed by atoms with Crippen molar-refractivity contribution in [2.45, 2.75) is 26.6 Å². The smallest absolute Gasteiger partial charge is 0.422 e. The molecule has 1 aromatic rings. The largest absolute Gasteiger partial charge is 0.454 e. The van der Waals surface area contributed by atoms with Gasteiger partial charge in [-0.2, -0.15) is 18.2 Å². The zero-order valence-corrected chi connectivity index (χ0v) is 9.64. The van der Waals surface area contributed by atoms with E-state index in [0.717, 1.165) is 6.54 Å². The van der Waals surface area contributed by atoms with Crippen LogP contribution in [-0.4, -0.2) is 29.3 Å². The van der Waals surface area contributed by atoms with Crippen molar-refractivity contribution < 1.29 is 17.9 Å². The molecule has 0 aliphatic heterocycles. The minimum Gasteiger partial charge on any atom is -0.454 e. The third-order valence-electron chi connectivity index (χ3n) is 1.81. The Balaban J connectivity index is 2.68. The molecule has 0 aliphatic carbocycles. The third-order valence-corrected chi connectivity index (χ3v) is 1.81. The fourth-order valence-electron chi connectivity index (χ4n) is 1.16. The fourth-order valence-corrected chi connectivity index (χ4v) is 1.16. The second-order valence-electron chi connectivity index (χ2n) is 3.47. The molecule has 0 saturated carbocycles. The van der Waals surface area contributed by atoms with E-state index in [1.54, 1.807) is 13.0 Å². The lowest BCUT2D eigenvalue weighted by atomic mass is 10.3. The van der Waals surface area contributed by atoms with Crippen LogP contribution in [-0.2, 0) is 6.54 Å². The zero-order chi connectivity index (χ0) is 12.9. The molecule has 0 atom stereocenters. The van der Waals surface area contributed by atoms with Gasteiger partial charge in [0.15, 0.2) is 6.61 Å². The average Bonchev–Trinajstić information content (AvgIpc) is 2.22. The summed E-state index contributed by atoms with van der Waals surface area (Å²) in [7, 11) is 0. The number of rotatable bonds is 5. The number of alkyl halides is 3. The van der Waals surface area contributed by atoms with Gasteiger partial charge in [0.25, 0.3) is 0 Å². The Labute approximate surface area is 97.2 Å². The van der Waals surface area contributed by atoms with Crippen LogP contribution in [0.5, 0.6) is 6.01 Å². The Hall–Kier alpha value is -1.37. The summed E-state index contributed by atoms with van der Waals surface area (Å²) in [4.78, 5) is 7.66. The Kier molecular flexibility index (Phi) is 4.68. The van der Waals surface area contributed by atoms with Gasteiger partial charge in [0, 0.05) is 12.2 Å². The van der Waals surface area contributed by atoms with Crippen LogP contribution in [0.3, 0.4) is 0 Å². The Morgan fingerprint density at radius 3 is 2.65 bits per heavy atom. The molecule has 0 fully saturated rings. The first-order chi connectivity index (χ1) is 7.90. The van der Waals surface area contributed by atoms with Crippen molar-refractivity contribution >= 4 is 0 Å². The second kappa shape index (κ2) is 5.81. The maximum Gasteiger partial charge on any atom is 0.422 e. The molecule has 0 amide bonds. The predicted octanol–water partition coefficient (Wildman–Crippen LogP) is 1.84. The van der Waals surface area contributed by atoms with Crippen LogP contribution in [0, 0.1) is 6.92 Å². The molecule has 0 radical (unpaired) electrons. The number of hydrogen-bond donors (Lipinski definition) is 1. The van der Waals surface area contributed by atoms with Gasteiger partial charge in [-0.3, -0.25) is 0 Å². The number of hydrogen-bond acceptors (Lipinski definition) is 4. The number of nitrogens with one attached hydrogen (secondary N) is 1. The Morgan fingerprint density at radius 1 is 1.35 bits per heavy atom. The van der Waals surface area contributed by atoms with E-state index in [2.05, 4.69) is 20.0 Å². The molecule has 0 aliphatic rings. The van der Waals surface area contributed by atoms with Gasteiger partial charge < -0.3 is 10.1 Å². The predicted molar refractivity (Wildman–Crippen MR) is 55.7 cm³/mol. The van der Waals surface area contributed by atoms with E-state index >= 15 is 0 Å². The lowest BCUT2D eigenvalue weighted by molar-refractivity contribution is -0.154. The summed E-state index contributed by atoms with van der Waals surface area (Å²) >= 11 is 0. The summed E-state index contributed by atoms with van der Waals surface area (Å²) in [6.45, 7) is 3.45. The minimum absolute atomic E-state index is 0.241. The van der Waals surface area contributed by atoms with Crippen LogP contribution in [0.2, 0.25) is 0 Å². The summed E-state index contributed by atoms with van der Waals surface area (Å²) in [5.74, 6) is 0. The molecule has 0 bridgehead atoms. The molecule has 17 heavy (non-hydrogen) atoms. The van der Waals surface area contributed by atoms with E-state index in [1.807, 2.05) is 6.92 Å². The highest BCUT2D eigenvalue weighted by Crippen LogP contribution is 2.16. The lowest BCUT2D eigenvalue weighted by Crippen LogP contribution is -2.21. The maximum absolute atomic E-state index is 12.0. The number of aromatic nitrogens is 2. The normalized spacial score (nSPS) is 11.6. The van der Waals surface area contributed by atoms with Gasteiger partial charge in [-0.25, -0.2) is 4.98 Å². The molecule has 1 N–H and O–H groups in total. The van der Waals surface area contributed by atoms with Gasteiger partial charge in [-0.05, 0) is 19.5 Å². The number of aryl methyl sites for hydroxylation is 1. The first-order valence-electron chi connectivity index (χ1n) is 5.15. The van der Waals surface area contributed by atoms with Crippen molar-refractivity contribution in [1.29, 1.82) is 0 Å². The molecule has 0 spiro atoms. The summed E-state index contributed by atoms with van der Waals surface area (Å²) in [6.07, 6.45) is -4.38. The fraction of sp³-hybridized carbons (Fsp3) is 0.600. The molecular formula is C10H14F3N3O. The molecular weight excluding hydrogens is 235 g/mol. The van der Waals surface area contributed by atoms with Crippen LogP contribution in [0.25, 0.3) is 0 Å². The second-order valence-corrected chi connectivity index (χ2v) is 3.47. The summed E-state index contributed by atoms with van der Waals surface area (Å²) in [5, 5.41) is 3.02. The van der Waals surface area contributed by atoms with Crippen molar-refractivity contribution in [2.75, 3.05) is 13.2 Å². The minimum atomic E-state index is -4.38. The molecule has 0 saturated heterocycles. The molecule has 4 nitrogen and oxygen atoms in total. The van der Waals surface area contributed by atoms with Gasteiger partial charge in [-0.1, -0.05) is 6.92 Å². The highest BCUT2D eigenvalue weighted by molar-refractivity contribution is 5.12. The molecule has 1 aromatic heterocycles. The van der Waals surface area contributed by atoms with Gasteiger partial charge in [0.1, 0.15) is 0 Å². The molecule has 0 aromatic carbocycles. The van der Waals surface area contributed by atoms with Gasteiger partial charge in [0.05, 0.1) is 5.69 Å². The summed E-state index contributed by atoms with van der Waals surface area (Å²) in [5.41, 5.74) is 1.18. The van der Waals surface area contributed by atoms with Crippen molar-refractivity contribution in [3.8, 4) is 6.01 Å². The Bertz CT molecular complexity index is 368. The van der Waals surface area contributed by atoms with Crippen molar-refractivity contribution in [3.63, 3.8) is 0 Å².